The Kier molecular flexibility index (Phi) is 9.95. The number of hydrogen-bond acceptors (Lipinski definition) is 1. The third kappa shape index (κ3) is 8.64. The Bertz CT molecular complexity index is 158. The van der Waals surface area contributed by atoms with Gasteiger partial charge in [-0.05, 0) is 25.4 Å². The molecule has 15 heavy (non-hydrogen) atoms. The van der Waals surface area contributed by atoms with Crippen LogP contribution < -0.4 is 0 Å². The summed E-state index contributed by atoms with van der Waals surface area (Å²) in [7, 11) is -1.08. The molecular weight excluding hydrogens is 200 g/mol. The van der Waals surface area contributed by atoms with Crippen LogP contribution in [0.15, 0.2) is 25.3 Å². The molecule has 1 nitrogen and oxygen atoms in total. The van der Waals surface area contributed by atoms with Gasteiger partial charge in [0.15, 0.2) is 9.04 Å². The number of hydrogen-bond donors (Lipinski definition) is 0. The predicted molar refractivity (Wildman–Crippen MR) is 71.8 cm³/mol. The molecule has 1 atom stereocenters. The quantitative estimate of drug-likeness (QED) is 0.310. The maximum Gasteiger partial charge on any atom is 0.184 e. The van der Waals surface area contributed by atoms with Crippen LogP contribution in [0.25, 0.3) is 0 Å². The van der Waals surface area contributed by atoms with E-state index in [1.807, 2.05) is 12.2 Å². The fraction of sp³-hybridized carbons (Fsp3) is 0.692. The molecule has 0 rings (SSSR count). The van der Waals surface area contributed by atoms with Crippen molar-refractivity contribution in [1.82, 2.24) is 0 Å². The van der Waals surface area contributed by atoms with E-state index in [4.69, 9.17) is 4.43 Å². The lowest BCUT2D eigenvalue weighted by Crippen LogP contribution is -2.22. The van der Waals surface area contributed by atoms with Gasteiger partial charge < -0.3 is 4.43 Å². The van der Waals surface area contributed by atoms with Gasteiger partial charge in [-0.15, -0.1) is 13.2 Å². The van der Waals surface area contributed by atoms with Crippen LogP contribution in [0.5, 0.6) is 0 Å². The molecule has 0 aromatic heterocycles. The molecule has 0 bridgehead atoms. The highest BCUT2D eigenvalue weighted by Crippen LogP contribution is 2.11. The molecule has 0 aromatic carbocycles. The van der Waals surface area contributed by atoms with Crippen molar-refractivity contribution >= 4 is 9.04 Å². The Morgan fingerprint density at radius 2 is 1.80 bits per heavy atom. The van der Waals surface area contributed by atoms with Gasteiger partial charge in [-0.2, -0.15) is 0 Å². The normalized spacial score (nSPS) is 12.7. The second-order valence-corrected chi connectivity index (χ2v) is 6.57. The second-order valence-electron chi connectivity index (χ2n) is 4.11. The van der Waals surface area contributed by atoms with Gasteiger partial charge in [0, 0.05) is 6.10 Å². The lowest BCUT2D eigenvalue weighted by atomic mass is 10.1. The van der Waals surface area contributed by atoms with Crippen LogP contribution >= 0.6 is 0 Å². The van der Waals surface area contributed by atoms with Crippen LogP contribution in [-0.2, 0) is 4.43 Å². The van der Waals surface area contributed by atoms with Crippen LogP contribution in [0.1, 0.15) is 39.5 Å². The van der Waals surface area contributed by atoms with Crippen molar-refractivity contribution in [3.05, 3.63) is 25.3 Å². The topological polar surface area (TPSA) is 9.23 Å². The summed E-state index contributed by atoms with van der Waals surface area (Å²) in [6, 6.07) is 2.12. The summed E-state index contributed by atoms with van der Waals surface area (Å²) in [5.41, 5.74) is 0. The van der Waals surface area contributed by atoms with Crippen molar-refractivity contribution in [2.75, 3.05) is 0 Å². The molecule has 1 unspecified atom stereocenters. The molecule has 0 fully saturated rings. The third-order valence-corrected chi connectivity index (χ3v) is 5.07. The molecular formula is C13H26OSi. The predicted octanol–water partition coefficient (Wildman–Crippen LogP) is 4.07. The van der Waals surface area contributed by atoms with Crippen molar-refractivity contribution < 1.29 is 4.43 Å². The Balaban J connectivity index is 3.71. The Morgan fingerprint density at radius 3 is 2.27 bits per heavy atom. The Morgan fingerprint density at radius 1 is 1.20 bits per heavy atom. The van der Waals surface area contributed by atoms with Gasteiger partial charge >= 0.3 is 0 Å². The van der Waals surface area contributed by atoms with E-state index in [0.29, 0.717) is 6.10 Å². The second kappa shape index (κ2) is 10.2. The molecule has 0 radical (unpaired) electrons. The maximum atomic E-state index is 6.07. The van der Waals surface area contributed by atoms with Crippen LogP contribution in [-0.4, -0.2) is 15.1 Å². The SMILES string of the molecule is C=CC[SiH](CC=C)OC(C)CCCCC. The highest BCUT2D eigenvalue weighted by atomic mass is 28.3. The molecule has 0 aromatic rings. The fourth-order valence-electron chi connectivity index (χ4n) is 1.66. The summed E-state index contributed by atoms with van der Waals surface area (Å²) in [6.07, 6.45) is 9.49. The standard InChI is InChI=1S/C13H26OSi/c1-5-8-9-10-13(4)14-15(11-6-2)12-7-3/h6-7,13,15H,2-3,5,8-12H2,1,4H3. The largest absolute Gasteiger partial charge is 0.417 e. The first-order valence-electron chi connectivity index (χ1n) is 6.11. The van der Waals surface area contributed by atoms with E-state index < -0.39 is 9.04 Å². The van der Waals surface area contributed by atoms with E-state index in [9.17, 15) is 0 Å². The van der Waals surface area contributed by atoms with Gasteiger partial charge in [0.25, 0.3) is 0 Å². The van der Waals surface area contributed by atoms with E-state index in [2.05, 4.69) is 27.0 Å². The third-order valence-electron chi connectivity index (χ3n) is 2.50. The summed E-state index contributed by atoms with van der Waals surface area (Å²) in [4.78, 5) is 0. The highest BCUT2D eigenvalue weighted by molar-refractivity contribution is 6.52. The lowest BCUT2D eigenvalue weighted by Gasteiger charge is -2.19. The Labute approximate surface area is 97.0 Å². The zero-order chi connectivity index (χ0) is 11.5. The summed E-state index contributed by atoms with van der Waals surface area (Å²) >= 11 is 0. The number of unbranched alkanes of at least 4 members (excludes halogenated alkanes) is 2. The van der Waals surface area contributed by atoms with Gasteiger partial charge in [0.05, 0.1) is 0 Å². The molecule has 0 spiro atoms. The zero-order valence-corrected chi connectivity index (χ0v) is 11.5. The monoisotopic (exact) mass is 226 g/mol. The van der Waals surface area contributed by atoms with Gasteiger partial charge in [-0.3, -0.25) is 0 Å². The van der Waals surface area contributed by atoms with Crippen molar-refractivity contribution in [2.24, 2.45) is 0 Å². The smallest absolute Gasteiger partial charge is 0.184 e. The minimum Gasteiger partial charge on any atom is -0.417 e. The molecule has 0 aliphatic heterocycles. The first-order valence-corrected chi connectivity index (χ1v) is 8.22. The summed E-state index contributed by atoms with van der Waals surface area (Å²) < 4.78 is 6.07. The van der Waals surface area contributed by atoms with Crippen LogP contribution in [0, 0.1) is 0 Å². The molecule has 0 saturated carbocycles. The average Bonchev–Trinajstić information content (AvgIpc) is 2.19. The van der Waals surface area contributed by atoms with Crippen molar-refractivity contribution in [2.45, 2.75) is 57.7 Å². The van der Waals surface area contributed by atoms with Gasteiger partial charge in [-0.1, -0.05) is 38.3 Å². The molecule has 0 aliphatic carbocycles. The fourth-order valence-corrected chi connectivity index (χ4v) is 3.61. The molecule has 0 amide bonds. The van der Waals surface area contributed by atoms with E-state index in [1.165, 1.54) is 25.7 Å². The Hall–Kier alpha value is -0.343. The average molecular weight is 226 g/mol. The van der Waals surface area contributed by atoms with E-state index in [0.717, 1.165) is 12.1 Å². The number of rotatable bonds is 10. The van der Waals surface area contributed by atoms with Crippen molar-refractivity contribution in [3.63, 3.8) is 0 Å². The number of allylic oxidation sites excluding steroid dienone is 2. The first-order chi connectivity index (χ1) is 7.24. The van der Waals surface area contributed by atoms with E-state index in [1.54, 1.807) is 0 Å². The van der Waals surface area contributed by atoms with Crippen LogP contribution in [0.2, 0.25) is 12.1 Å². The van der Waals surface area contributed by atoms with Crippen LogP contribution in [0.3, 0.4) is 0 Å². The van der Waals surface area contributed by atoms with Crippen molar-refractivity contribution in [1.29, 1.82) is 0 Å². The zero-order valence-electron chi connectivity index (χ0n) is 10.4. The molecule has 0 aliphatic rings. The van der Waals surface area contributed by atoms with Gasteiger partial charge in [-0.25, -0.2) is 0 Å². The molecule has 2 heteroatoms. The minimum atomic E-state index is -1.08. The summed E-state index contributed by atoms with van der Waals surface area (Å²) in [5, 5.41) is 0. The summed E-state index contributed by atoms with van der Waals surface area (Å²) in [6.45, 7) is 12.0. The van der Waals surface area contributed by atoms with E-state index in [-0.39, 0.29) is 0 Å². The highest BCUT2D eigenvalue weighted by Gasteiger charge is 2.12. The minimum absolute atomic E-state index is 0.424. The summed E-state index contributed by atoms with van der Waals surface area (Å²) in [5.74, 6) is 0. The van der Waals surface area contributed by atoms with Crippen LogP contribution in [0.4, 0.5) is 0 Å². The molecule has 0 heterocycles. The van der Waals surface area contributed by atoms with Crippen molar-refractivity contribution in [3.8, 4) is 0 Å². The molecule has 88 valence electrons. The molecule has 0 saturated heterocycles. The maximum absolute atomic E-state index is 6.07. The van der Waals surface area contributed by atoms with E-state index >= 15 is 0 Å². The van der Waals surface area contributed by atoms with Gasteiger partial charge in [0.2, 0.25) is 0 Å². The first kappa shape index (κ1) is 14.7. The molecule has 0 N–H and O–H groups in total. The lowest BCUT2D eigenvalue weighted by molar-refractivity contribution is 0.207. The van der Waals surface area contributed by atoms with Gasteiger partial charge in [0.1, 0.15) is 0 Å².